The normalized spacial score (nSPS) is 11.0. The second kappa shape index (κ2) is 7.56. The average molecular weight is 331 g/mol. The van der Waals surface area contributed by atoms with E-state index < -0.39 is 6.09 Å². The predicted octanol–water partition coefficient (Wildman–Crippen LogP) is 4.46. The Kier molecular flexibility index (Phi) is 5.49. The first-order valence-corrected chi connectivity index (χ1v) is 7.23. The summed E-state index contributed by atoms with van der Waals surface area (Å²) in [5.41, 5.74) is 2.13. The Hall–Kier alpha value is -2.66. The molecule has 23 heavy (non-hydrogen) atoms. The Bertz CT molecular complexity index is 737. The summed E-state index contributed by atoms with van der Waals surface area (Å²) in [7, 11) is 0. The van der Waals surface area contributed by atoms with Gasteiger partial charge >= 0.3 is 6.09 Å². The van der Waals surface area contributed by atoms with Crippen LogP contribution in [0.25, 0.3) is 0 Å². The van der Waals surface area contributed by atoms with Crippen molar-refractivity contribution in [2.45, 2.75) is 13.8 Å². The van der Waals surface area contributed by atoms with Crippen molar-refractivity contribution in [3.05, 3.63) is 64.7 Å². The van der Waals surface area contributed by atoms with E-state index in [0.29, 0.717) is 16.3 Å². The van der Waals surface area contributed by atoms with Crippen molar-refractivity contribution in [2.24, 2.45) is 5.16 Å². The number of amides is 1. The van der Waals surface area contributed by atoms with Crippen molar-refractivity contribution < 1.29 is 14.4 Å². The van der Waals surface area contributed by atoms with Crippen molar-refractivity contribution in [1.29, 1.82) is 0 Å². The molecule has 2 rings (SSSR count). The molecule has 0 aliphatic rings. The van der Waals surface area contributed by atoms with Crippen LogP contribution in [0, 0.1) is 6.92 Å². The molecule has 118 valence electrons. The minimum atomic E-state index is -0.789. The van der Waals surface area contributed by atoms with Crippen LogP contribution in [0.4, 0.5) is 10.5 Å². The van der Waals surface area contributed by atoms with Gasteiger partial charge in [0.25, 0.3) is 0 Å². The van der Waals surface area contributed by atoms with Crippen LogP contribution in [0.1, 0.15) is 22.8 Å². The number of carbonyl (C=O) groups is 2. The maximum Gasteiger partial charge on any atom is 0.437 e. The molecule has 0 fully saturated rings. The second-order valence-corrected chi connectivity index (χ2v) is 5.32. The lowest BCUT2D eigenvalue weighted by Gasteiger charge is -2.04. The molecule has 0 saturated heterocycles. The molecule has 0 radical (unpaired) electrons. The van der Waals surface area contributed by atoms with Crippen LogP contribution in [-0.2, 0) is 4.84 Å². The fourth-order valence-electron chi connectivity index (χ4n) is 1.74. The highest BCUT2D eigenvalue weighted by atomic mass is 35.5. The van der Waals surface area contributed by atoms with Gasteiger partial charge < -0.3 is 0 Å². The van der Waals surface area contributed by atoms with E-state index in [1.807, 2.05) is 19.1 Å². The monoisotopic (exact) mass is 330 g/mol. The molecular formula is C17H15ClN2O3. The van der Waals surface area contributed by atoms with Gasteiger partial charge in [-0.3, -0.25) is 14.9 Å². The molecule has 6 heteroatoms. The maximum absolute atomic E-state index is 12.1. The smallest absolute Gasteiger partial charge is 0.297 e. The number of nitrogens with zero attached hydrogens (tertiary/aromatic N) is 1. The van der Waals surface area contributed by atoms with E-state index in [1.54, 1.807) is 36.4 Å². The van der Waals surface area contributed by atoms with E-state index in [1.165, 1.54) is 6.92 Å². The highest BCUT2D eigenvalue weighted by Gasteiger charge is 2.11. The fraction of sp³-hybridized carbons (Fsp3) is 0.118. The Labute approximate surface area is 138 Å². The molecule has 0 spiro atoms. The third-order valence-corrected chi connectivity index (χ3v) is 3.25. The second-order valence-electron chi connectivity index (χ2n) is 4.88. The number of benzene rings is 2. The quantitative estimate of drug-likeness (QED) is 0.389. The highest BCUT2D eigenvalue weighted by molar-refractivity contribution is 6.45. The van der Waals surface area contributed by atoms with Crippen LogP contribution in [0.2, 0.25) is 5.02 Å². The van der Waals surface area contributed by atoms with Crippen LogP contribution >= 0.6 is 11.6 Å². The molecule has 0 unspecified atom stereocenters. The molecule has 5 nitrogen and oxygen atoms in total. The molecule has 1 amide bonds. The largest absolute Gasteiger partial charge is 0.437 e. The number of anilines is 1. The van der Waals surface area contributed by atoms with Gasteiger partial charge in [0.05, 0.1) is 0 Å². The first-order valence-electron chi connectivity index (χ1n) is 6.85. The van der Waals surface area contributed by atoms with Crippen molar-refractivity contribution in [3.63, 3.8) is 0 Å². The molecule has 0 aromatic heterocycles. The lowest BCUT2D eigenvalue weighted by atomic mass is 10.1. The van der Waals surface area contributed by atoms with E-state index >= 15 is 0 Å². The molecule has 0 aliphatic heterocycles. The first-order chi connectivity index (χ1) is 11.0. The van der Waals surface area contributed by atoms with Crippen molar-refractivity contribution in [2.75, 3.05) is 5.32 Å². The Morgan fingerprint density at radius 3 is 2.26 bits per heavy atom. The van der Waals surface area contributed by atoms with E-state index in [4.69, 9.17) is 11.6 Å². The zero-order valence-corrected chi connectivity index (χ0v) is 13.4. The fourth-order valence-corrected chi connectivity index (χ4v) is 1.87. The highest BCUT2D eigenvalue weighted by Crippen LogP contribution is 2.13. The number of hydrogen-bond acceptors (Lipinski definition) is 4. The summed E-state index contributed by atoms with van der Waals surface area (Å²) >= 11 is 5.75. The average Bonchev–Trinajstić information content (AvgIpc) is 2.55. The maximum atomic E-state index is 12.1. The number of nitrogens with one attached hydrogen (secondary N) is 1. The van der Waals surface area contributed by atoms with Crippen molar-refractivity contribution in [1.82, 2.24) is 0 Å². The van der Waals surface area contributed by atoms with Gasteiger partial charge in [0.2, 0.25) is 5.78 Å². The summed E-state index contributed by atoms with van der Waals surface area (Å²) < 4.78 is 0. The Morgan fingerprint density at radius 1 is 1.04 bits per heavy atom. The third kappa shape index (κ3) is 4.93. The SMILES string of the molecule is C/C(=N\OC(=O)Nc1ccc(Cl)cc1)C(=O)c1ccc(C)cc1. The summed E-state index contributed by atoms with van der Waals surface area (Å²) in [5.74, 6) is -0.302. The van der Waals surface area contributed by atoms with Gasteiger partial charge in [-0.2, -0.15) is 0 Å². The van der Waals surface area contributed by atoms with Crippen LogP contribution in [-0.4, -0.2) is 17.6 Å². The standard InChI is InChI=1S/C17H15ClN2O3/c1-11-3-5-13(6-4-11)16(21)12(2)20-23-17(22)19-15-9-7-14(18)8-10-15/h3-10H,1-2H3,(H,19,22)/b20-12+. The number of rotatable bonds is 4. The minimum Gasteiger partial charge on any atom is -0.297 e. The predicted molar refractivity (Wildman–Crippen MR) is 90.2 cm³/mol. The third-order valence-electron chi connectivity index (χ3n) is 3.00. The van der Waals surface area contributed by atoms with E-state index in [2.05, 4.69) is 15.3 Å². The molecule has 2 aromatic carbocycles. The van der Waals surface area contributed by atoms with Crippen LogP contribution < -0.4 is 5.32 Å². The summed E-state index contributed by atoms with van der Waals surface area (Å²) in [6, 6.07) is 13.6. The first kappa shape index (κ1) is 16.7. The van der Waals surface area contributed by atoms with Gasteiger partial charge in [0.15, 0.2) is 0 Å². The Morgan fingerprint density at radius 2 is 1.65 bits per heavy atom. The molecule has 0 atom stereocenters. The van der Waals surface area contributed by atoms with E-state index in [9.17, 15) is 9.59 Å². The minimum absolute atomic E-state index is 0.0834. The zero-order chi connectivity index (χ0) is 16.8. The number of aryl methyl sites for hydroxylation is 1. The van der Waals surface area contributed by atoms with Crippen molar-refractivity contribution in [3.8, 4) is 0 Å². The number of oxime groups is 1. The van der Waals surface area contributed by atoms with Crippen LogP contribution in [0.3, 0.4) is 0 Å². The number of Topliss-reactive ketones (excluding diaryl/α,β-unsaturated/α-hetero) is 1. The van der Waals surface area contributed by atoms with Gasteiger partial charge in [0.1, 0.15) is 5.71 Å². The number of ketones is 1. The molecule has 0 bridgehead atoms. The van der Waals surface area contributed by atoms with Crippen LogP contribution in [0.5, 0.6) is 0 Å². The van der Waals surface area contributed by atoms with E-state index in [-0.39, 0.29) is 11.5 Å². The summed E-state index contributed by atoms with van der Waals surface area (Å²) in [4.78, 5) is 28.4. The zero-order valence-electron chi connectivity index (χ0n) is 12.7. The lowest BCUT2D eigenvalue weighted by molar-refractivity contribution is 0.105. The van der Waals surface area contributed by atoms with Crippen molar-refractivity contribution >= 4 is 34.9 Å². The number of carbonyl (C=O) groups excluding carboxylic acids is 2. The lowest BCUT2D eigenvalue weighted by Crippen LogP contribution is -2.15. The molecule has 2 aromatic rings. The number of halogens is 1. The van der Waals surface area contributed by atoms with Gasteiger partial charge in [-0.05, 0) is 38.1 Å². The Balaban J connectivity index is 1.95. The van der Waals surface area contributed by atoms with Gasteiger partial charge in [-0.15, -0.1) is 0 Å². The molecular weight excluding hydrogens is 316 g/mol. The van der Waals surface area contributed by atoms with Gasteiger partial charge in [0, 0.05) is 16.3 Å². The molecule has 0 saturated carbocycles. The molecule has 0 heterocycles. The number of hydrogen-bond donors (Lipinski definition) is 1. The molecule has 1 N–H and O–H groups in total. The van der Waals surface area contributed by atoms with Gasteiger partial charge in [-0.1, -0.05) is 46.6 Å². The summed E-state index contributed by atoms with van der Waals surface area (Å²) in [6.07, 6.45) is -0.789. The molecule has 0 aliphatic carbocycles. The van der Waals surface area contributed by atoms with Crippen LogP contribution in [0.15, 0.2) is 53.7 Å². The topological polar surface area (TPSA) is 67.8 Å². The van der Waals surface area contributed by atoms with E-state index in [0.717, 1.165) is 5.56 Å². The summed E-state index contributed by atoms with van der Waals surface area (Å²) in [5, 5.41) is 6.59. The summed E-state index contributed by atoms with van der Waals surface area (Å²) in [6.45, 7) is 3.41. The van der Waals surface area contributed by atoms with Gasteiger partial charge in [-0.25, -0.2) is 4.79 Å².